The molecule has 0 fully saturated rings. The summed E-state index contributed by atoms with van der Waals surface area (Å²) in [5.41, 5.74) is 5.40. The Bertz CT molecular complexity index is 689. The molecule has 1 atom stereocenters. The van der Waals surface area contributed by atoms with Crippen molar-refractivity contribution in [2.24, 2.45) is 5.73 Å². The van der Waals surface area contributed by atoms with E-state index in [0.717, 1.165) is 17.0 Å². The van der Waals surface area contributed by atoms with Gasteiger partial charge >= 0.3 is 6.18 Å². The van der Waals surface area contributed by atoms with Gasteiger partial charge < -0.3 is 11.1 Å². The number of nitrogens with one attached hydrogen (secondary N) is 1. The minimum absolute atomic E-state index is 0. The van der Waals surface area contributed by atoms with Crippen molar-refractivity contribution < 1.29 is 18.0 Å². The van der Waals surface area contributed by atoms with Gasteiger partial charge in [0.15, 0.2) is 5.13 Å². The Labute approximate surface area is 147 Å². The van der Waals surface area contributed by atoms with Gasteiger partial charge in [0, 0.05) is 30.0 Å². The van der Waals surface area contributed by atoms with Crippen LogP contribution in [0.25, 0.3) is 0 Å². The molecule has 0 saturated carbocycles. The third-order valence-electron chi connectivity index (χ3n) is 2.94. The van der Waals surface area contributed by atoms with Crippen LogP contribution in [0.1, 0.15) is 29.3 Å². The molecular formula is C15H17ClF3N3OS. The second kappa shape index (κ2) is 8.46. The number of carbonyl (C=O) groups excluding carboxylic acids is 1. The summed E-state index contributed by atoms with van der Waals surface area (Å²) in [5.74, 6) is -0.236. The molecule has 1 amide bonds. The lowest BCUT2D eigenvalue weighted by Gasteiger charge is -2.07. The second-order valence-corrected chi connectivity index (χ2v) is 6.35. The first kappa shape index (κ1) is 20.4. The fourth-order valence-electron chi connectivity index (χ4n) is 1.97. The fourth-order valence-corrected chi connectivity index (χ4v) is 2.83. The van der Waals surface area contributed by atoms with Crippen molar-refractivity contribution in [1.82, 2.24) is 4.98 Å². The van der Waals surface area contributed by atoms with Crippen molar-refractivity contribution in [3.05, 3.63) is 46.5 Å². The van der Waals surface area contributed by atoms with Gasteiger partial charge in [-0.25, -0.2) is 4.98 Å². The number of carbonyl (C=O) groups is 1. The average molecular weight is 380 g/mol. The Balaban J connectivity index is 0.00000288. The average Bonchev–Trinajstić information content (AvgIpc) is 2.84. The zero-order valence-electron chi connectivity index (χ0n) is 12.8. The first-order chi connectivity index (χ1) is 10.7. The van der Waals surface area contributed by atoms with Crippen molar-refractivity contribution in [2.75, 3.05) is 5.32 Å². The highest BCUT2D eigenvalue weighted by atomic mass is 35.5. The first-order valence-corrected chi connectivity index (χ1v) is 7.72. The predicted molar refractivity (Wildman–Crippen MR) is 90.5 cm³/mol. The number of nitrogens with two attached hydrogens (primary N) is 1. The summed E-state index contributed by atoms with van der Waals surface area (Å²) in [6.45, 7) is 1.72. The van der Waals surface area contributed by atoms with E-state index in [1.807, 2.05) is 0 Å². The lowest BCUT2D eigenvalue weighted by molar-refractivity contribution is -0.137. The van der Waals surface area contributed by atoms with E-state index in [4.69, 9.17) is 5.73 Å². The number of nitrogens with zero attached hydrogens (tertiary/aromatic N) is 1. The summed E-state index contributed by atoms with van der Waals surface area (Å²) < 4.78 is 38.1. The largest absolute Gasteiger partial charge is 0.416 e. The molecule has 0 bridgehead atoms. The van der Waals surface area contributed by atoms with Crippen LogP contribution in [0.2, 0.25) is 0 Å². The number of halogens is 4. The van der Waals surface area contributed by atoms with Crippen LogP contribution in [0.5, 0.6) is 0 Å². The minimum atomic E-state index is -4.36. The van der Waals surface area contributed by atoms with Crippen molar-refractivity contribution in [3.63, 3.8) is 0 Å². The first-order valence-electron chi connectivity index (χ1n) is 6.90. The van der Waals surface area contributed by atoms with Crippen molar-refractivity contribution >= 4 is 34.8 Å². The Morgan fingerprint density at radius 3 is 2.75 bits per heavy atom. The zero-order valence-corrected chi connectivity index (χ0v) is 14.4. The number of hydrogen-bond donors (Lipinski definition) is 2. The lowest BCUT2D eigenvalue weighted by atomic mass is 10.1. The number of aromatic nitrogens is 1. The summed E-state index contributed by atoms with van der Waals surface area (Å²) in [4.78, 5) is 16.4. The van der Waals surface area contributed by atoms with Crippen LogP contribution in [0.3, 0.4) is 0 Å². The van der Waals surface area contributed by atoms with Gasteiger partial charge in [-0.05, 0) is 18.6 Å². The van der Waals surface area contributed by atoms with Crippen LogP contribution in [-0.2, 0) is 17.4 Å². The van der Waals surface area contributed by atoms with Gasteiger partial charge in [-0.15, -0.1) is 23.7 Å². The molecule has 3 N–H and O–H groups in total. The predicted octanol–water partition coefficient (Wildman–Crippen LogP) is 3.85. The summed E-state index contributed by atoms with van der Waals surface area (Å²) in [5, 5.41) is 3.04. The van der Waals surface area contributed by atoms with E-state index in [2.05, 4.69) is 10.3 Å². The summed E-state index contributed by atoms with van der Waals surface area (Å²) in [7, 11) is 0. The highest BCUT2D eigenvalue weighted by molar-refractivity contribution is 7.15. The Hall–Kier alpha value is -1.64. The van der Waals surface area contributed by atoms with Gasteiger partial charge in [0.2, 0.25) is 5.91 Å². The molecule has 2 rings (SSSR count). The molecule has 0 aliphatic rings. The molecule has 1 aromatic carbocycles. The molecule has 0 radical (unpaired) electrons. The fraction of sp³-hybridized carbons (Fsp3) is 0.333. The van der Waals surface area contributed by atoms with E-state index in [9.17, 15) is 18.0 Å². The molecule has 0 aliphatic heterocycles. The zero-order chi connectivity index (χ0) is 17.0. The molecule has 132 valence electrons. The van der Waals surface area contributed by atoms with E-state index in [0.29, 0.717) is 17.1 Å². The number of thiazole rings is 1. The SMILES string of the molecule is CC(N)CC(=O)Nc1ncc(Cc2cccc(C(F)(F)F)c2)s1.Cl. The van der Waals surface area contributed by atoms with E-state index in [1.54, 1.807) is 19.2 Å². The quantitative estimate of drug-likeness (QED) is 0.829. The van der Waals surface area contributed by atoms with Crippen LogP contribution in [0.15, 0.2) is 30.5 Å². The van der Waals surface area contributed by atoms with Crippen LogP contribution in [0, 0.1) is 0 Å². The number of benzene rings is 1. The normalized spacial score (nSPS) is 12.4. The highest BCUT2D eigenvalue weighted by Gasteiger charge is 2.30. The molecule has 0 spiro atoms. The molecule has 0 aliphatic carbocycles. The number of amides is 1. The van der Waals surface area contributed by atoms with Gasteiger partial charge in [-0.1, -0.05) is 18.2 Å². The Morgan fingerprint density at radius 1 is 1.42 bits per heavy atom. The van der Waals surface area contributed by atoms with E-state index >= 15 is 0 Å². The van der Waals surface area contributed by atoms with Crippen molar-refractivity contribution in [2.45, 2.75) is 32.0 Å². The molecule has 1 unspecified atom stereocenters. The molecular weight excluding hydrogens is 363 g/mol. The van der Waals surface area contributed by atoms with Crippen molar-refractivity contribution in [3.8, 4) is 0 Å². The topological polar surface area (TPSA) is 68.0 Å². The maximum Gasteiger partial charge on any atom is 0.416 e. The van der Waals surface area contributed by atoms with Gasteiger partial charge in [-0.3, -0.25) is 4.79 Å². The minimum Gasteiger partial charge on any atom is -0.327 e. The monoisotopic (exact) mass is 379 g/mol. The highest BCUT2D eigenvalue weighted by Crippen LogP contribution is 2.30. The summed E-state index contributed by atoms with van der Waals surface area (Å²) >= 11 is 1.23. The number of rotatable bonds is 5. The van der Waals surface area contributed by atoms with E-state index in [1.165, 1.54) is 17.4 Å². The second-order valence-electron chi connectivity index (χ2n) is 5.24. The van der Waals surface area contributed by atoms with Crippen LogP contribution < -0.4 is 11.1 Å². The maximum atomic E-state index is 12.7. The smallest absolute Gasteiger partial charge is 0.327 e. The van der Waals surface area contributed by atoms with E-state index in [-0.39, 0.29) is 30.8 Å². The molecule has 4 nitrogen and oxygen atoms in total. The Kier molecular flexibility index (Phi) is 7.19. The molecule has 9 heteroatoms. The lowest BCUT2D eigenvalue weighted by Crippen LogP contribution is -2.23. The van der Waals surface area contributed by atoms with Crippen LogP contribution in [-0.4, -0.2) is 16.9 Å². The summed E-state index contributed by atoms with van der Waals surface area (Å²) in [6, 6.07) is 4.91. The Morgan fingerprint density at radius 2 is 2.12 bits per heavy atom. The summed E-state index contributed by atoms with van der Waals surface area (Å²) in [6.07, 6.45) is -2.30. The third kappa shape index (κ3) is 6.10. The van der Waals surface area contributed by atoms with Crippen LogP contribution in [0.4, 0.5) is 18.3 Å². The molecule has 1 aromatic heterocycles. The molecule has 2 aromatic rings. The van der Waals surface area contributed by atoms with Gasteiger partial charge in [0.05, 0.1) is 5.56 Å². The maximum absolute atomic E-state index is 12.7. The molecule has 24 heavy (non-hydrogen) atoms. The van der Waals surface area contributed by atoms with Gasteiger partial charge in [-0.2, -0.15) is 13.2 Å². The van der Waals surface area contributed by atoms with Crippen LogP contribution >= 0.6 is 23.7 Å². The third-order valence-corrected chi connectivity index (χ3v) is 3.85. The number of anilines is 1. The van der Waals surface area contributed by atoms with E-state index < -0.39 is 11.7 Å². The molecule has 1 heterocycles. The van der Waals surface area contributed by atoms with Crippen molar-refractivity contribution in [1.29, 1.82) is 0 Å². The standard InChI is InChI=1S/C15H16F3N3OS.ClH/c1-9(19)5-13(22)21-14-20-8-12(23-14)7-10-3-2-4-11(6-10)15(16,17)18;/h2-4,6,8-9H,5,7,19H2,1H3,(H,20,21,22);1H. The van der Waals surface area contributed by atoms with Gasteiger partial charge in [0.1, 0.15) is 0 Å². The molecule has 0 saturated heterocycles. The number of hydrogen-bond acceptors (Lipinski definition) is 4. The number of alkyl halides is 3. The van der Waals surface area contributed by atoms with Gasteiger partial charge in [0.25, 0.3) is 0 Å².